The number of carbonyl (C=O) groups is 1. The third kappa shape index (κ3) is 4.09. The van der Waals surface area contributed by atoms with E-state index in [2.05, 4.69) is 34.3 Å². The number of benzene rings is 2. The van der Waals surface area contributed by atoms with E-state index in [-0.39, 0.29) is 11.7 Å². The highest BCUT2D eigenvalue weighted by Crippen LogP contribution is 2.22. The predicted molar refractivity (Wildman–Crippen MR) is 110 cm³/mol. The highest BCUT2D eigenvalue weighted by molar-refractivity contribution is 5.92. The zero-order valence-electron chi connectivity index (χ0n) is 16.2. The van der Waals surface area contributed by atoms with Crippen molar-refractivity contribution in [3.63, 3.8) is 0 Å². The summed E-state index contributed by atoms with van der Waals surface area (Å²) in [6.45, 7) is 2.79. The Morgan fingerprint density at radius 2 is 1.75 bits per heavy atom. The fraction of sp³-hybridized carbons (Fsp3) is 0.304. The highest BCUT2D eigenvalue weighted by atomic mass is 16.5. The number of carbonyl (C=O) groups excluding carboxylic acids is 1. The van der Waals surface area contributed by atoms with Crippen LogP contribution in [0.5, 0.6) is 0 Å². The number of hydrogen-bond acceptors (Lipinski definition) is 4. The summed E-state index contributed by atoms with van der Waals surface area (Å²) in [4.78, 5) is 16.8. The smallest absolute Gasteiger partial charge is 0.292 e. The molecule has 144 valence electrons. The molecule has 1 fully saturated rings. The van der Waals surface area contributed by atoms with Crippen LogP contribution >= 0.6 is 0 Å². The number of hydrogen-bond donors (Lipinski definition) is 0. The molecule has 3 aromatic rings. The fourth-order valence-electron chi connectivity index (χ4n) is 3.62. The van der Waals surface area contributed by atoms with Crippen LogP contribution in [0.2, 0.25) is 0 Å². The van der Waals surface area contributed by atoms with Crippen LogP contribution in [0, 0.1) is 0 Å². The van der Waals surface area contributed by atoms with Crippen LogP contribution in [0.15, 0.2) is 65.2 Å². The van der Waals surface area contributed by atoms with Crippen molar-refractivity contribution in [2.24, 2.45) is 0 Å². The Hall–Kier alpha value is -3.08. The SMILES string of the molecule is CN(Cc1ccc(N2CCCCC2)cc1)C(=O)c1cc(-c2ccccc2)no1. The molecule has 1 amide bonds. The second kappa shape index (κ2) is 8.30. The zero-order chi connectivity index (χ0) is 19.3. The lowest BCUT2D eigenvalue weighted by atomic mass is 10.1. The van der Waals surface area contributed by atoms with E-state index in [4.69, 9.17) is 4.52 Å². The highest BCUT2D eigenvalue weighted by Gasteiger charge is 2.18. The topological polar surface area (TPSA) is 49.6 Å². The standard InChI is InChI=1S/C23H25N3O2/c1-25(17-18-10-12-20(13-11-18)26-14-6-3-7-15-26)23(27)22-16-21(24-28-22)19-8-4-2-5-9-19/h2,4-5,8-13,16H,3,6-7,14-15,17H2,1H3. The monoisotopic (exact) mass is 375 g/mol. The lowest BCUT2D eigenvalue weighted by Crippen LogP contribution is -2.29. The molecule has 4 rings (SSSR count). The summed E-state index contributed by atoms with van der Waals surface area (Å²) < 4.78 is 5.29. The summed E-state index contributed by atoms with van der Waals surface area (Å²) in [6, 6.07) is 19.9. The van der Waals surface area contributed by atoms with Crippen LogP contribution in [-0.2, 0) is 6.54 Å². The third-order valence-electron chi connectivity index (χ3n) is 5.21. The molecule has 1 aliphatic rings. The maximum atomic E-state index is 12.7. The number of nitrogens with zero attached hydrogens (tertiary/aromatic N) is 3. The minimum atomic E-state index is -0.171. The first-order valence-corrected chi connectivity index (χ1v) is 9.82. The van der Waals surface area contributed by atoms with Gasteiger partial charge in [-0.05, 0) is 37.0 Å². The molecule has 5 nitrogen and oxygen atoms in total. The molecule has 0 unspecified atom stereocenters. The van der Waals surface area contributed by atoms with Gasteiger partial charge in [-0.1, -0.05) is 47.6 Å². The second-order valence-electron chi connectivity index (χ2n) is 7.32. The molecule has 5 heteroatoms. The molecule has 0 aliphatic carbocycles. The van der Waals surface area contributed by atoms with Crippen molar-refractivity contribution in [1.82, 2.24) is 10.1 Å². The van der Waals surface area contributed by atoms with Gasteiger partial charge in [0.2, 0.25) is 5.76 Å². The summed E-state index contributed by atoms with van der Waals surface area (Å²) in [6.07, 6.45) is 3.86. The van der Waals surface area contributed by atoms with Gasteiger partial charge in [0.1, 0.15) is 5.69 Å². The second-order valence-corrected chi connectivity index (χ2v) is 7.32. The lowest BCUT2D eigenvalue weighted by molar-refractivity contribution is 0.0743. The van der Waals surface area contributed by atoms with E-state index < -0.39 is 0 Å². The van der Waals surface area contributed by atoms with E-state index in [1.54, 1.807) is 18.0 Å². The fourth-order valence-corrected chi connectivity index (χ4v) is 3.62. The normalized spacial score (nSPS) is 14.1. The lowest BCUT2D eigenvalue weighted by Gasteiger charge is -2.29. The van der Waals surface area contributed by atoms with Gasteiger partial charge >= 0.3 is 0 Å². The van der Waals surface area contributed by atoms with Gasteiger partial charge in [-0.25, -0.2) is 0 Å². The summed E-state index contributed by atoms with van der Waals surface area (Å²) in [5, 5.41) is 4.03. The van der Waals surface area contributed by atoms with E-state index in [1.807, 2.05) is 30.3 Å². The van der Waals surface area contributed by atoms with Crippen molar-refractivity contribution in [2.45, 2.75) is 25.8 Å². The summed E-state index contributed by atoms with van der Waals surface area (Å²) in [5.74, 6) is 0.0843. The maximum Gasteiger partial charge on any atom is 0.292 e. The Kier molecular flexibility index (Phi) is 5.42. The first-order chi connectivity index (χ1) is 13.7. The predicted octanol–water partition coefficient (Wildman–Crippen LogP) is 4.60. The van der Waals surface area contributed by atoms with E-state index in [1.165, 1.54) is 24.9 Å². The molecule has 0 atom stereocenters. The number of piperidine rings is 1. The molecule has 0 saturated carbocycles. The molecule has 2 aromatic carbocycles. The van der Waals surface area contributed by atoms with Crippen molar-refractivity contribution in [3.8, 4) is 11.3 Å². The Labute approximate surface area is 165 Å². The average molecular weight is 375 g/mol. The van der Waals surface area contributed by atoms with Crippen molar-refractivity contribution in [1.29, 1.82) is 0 Å². The van der Waals surface area contributed by atoms with Gasteiger partial charge < -0.3 is 14.3 Å². The van der Waals surface area contributed by atoms with Crippen molar-refractivity contribution < 1.29 is 9.32 Å². The van der Waals surface area contributed by atoms with Crippen LogP contribution in [0.3, 0.4) is 0 Å². The quantitative estimate of drug-likeness (QED) is 0.654. The number of anilines is 1. The molecule has 2 heterocycles. The van der Waals surface area contributed by atoms with Crippen molar-refractivity contribution in [2.75, 3.05) is 25.0 Å². The number of aromatic nitrogens is 1. The van der Waals surface area contributed by atoms with E-state index in [0.29, 0.717) is 12.2 Å². The van der Waals surface area contributed by atoms with Gasteiger partial charge in [-0.15, -0.1) is 0 Å². The Morgan fingerprint density at radius 1 is 1.04 bits per heavy atom. The van der Waals surface area contributed by atoms with Crippen LogP contribution in [0.4, 0.5) is 5.69 Å². The van der Waals surface area contributed by atoms with Gasteiger partial charge in [0.05, 0.1) is 0 Å². The zero-order valence-corrected chi connectivity index (χ0v) is 16.2. The Bertz CT molecular complexity index is 913. The minimum absolute atomic E-state index is 0.171. The first-order valence-electron chi connectivity index (χ1n) is 9.82. The molecular weight excluding hydrogens is 350 g/mol. The van der Waals surface area contributed by atoms with Crippen LogP contribution in [0.25, 0.3) is 11.3 Å². The largest absolute Gasteiger partial charge is 0.372 e. The average Bonchev–Trinajstić information content (AvgIpc) is 3.25. The molecule has 28 heavy (non-hydrogen) atoms. The number of rotatable bonds is 5. The minimum Gasteiger partial charge on any atom is -0.372 e. The maximum absolute atomic E-state index is 12.7. The van der Waals surface area contributed by atoms with E-state index in [9.17, 15) is 4.79 Å². The van der Waals surface area contributed by atoms with Gasteiger partial charge in [-0.2, -0.15) is 0 Å². The number of amides is 1. The van der Waals surface area contributed by atoms with E-state index >= 15 is 0 Å². The van der Waals surface area contributed by atoms with Gasteiger partial charge in [0, 0.05) is 44.0 Å². The molecule has 0 N–H and O–H groups in total. The van der Waals surface area contributed by atoms with Crippen LogP contribution in [-0.4, -0.2) is 36.1 Å². The van der Waals surface area contributed by atoms with Crippen molar-refractivity contribution >= 4 is 11.6 Å². The molecule has 0 bridgehead atoms. The van der Waals surface area contributed by atoms with Crippen LogP contribution < -0.4 is 4.90 Å². The molecular formula is C23H25N3O2. The molecule has 0 spiro atoms. The van der Waals surface area contributed by atoms with Crippen molar-refractivity contribution in [3.05, 3.63) is 72.0 Å². The van der Waals surface area contributed by atoms with Gasteiger partial charge in [0.15, 0.2) is 0 Å². The molecule has 1 aromatic heterocycles. The molecule has 1 aliphatic heterocycles. The first kappa shape index (κ1) is 18.3. The van der Waals surface area contributed by atoms with Gasteiger partial charge in [0.25, 0.3) is 5.91 Å². The third-order valence-corrected chi connectivity index (χ3v) is 5.21. The van der Waals surface area contributed by atoms with Gasteiger partial charge in [-0.3, -0.25) is 4.79 Å². The summed E-state index contributed by atoms with van der Waals surface area (Å²) in [5.41, 5.74) is 3.96. The summed E-state index contributed by atoms with van der Waals surface area (Å²) in [7, 11) is 1.78. The Morgan fingerprint density at radius 3 is 2.46 bits per heavy atom. The molecule has 1 saturated heterocycles. The Balaban J connectivity index is 1.40. The van der Waals surface area contributed by atoms with E-state index in [0.717, 1.165) is 24.2 Å². The molecule has 0 radical (unpaired) electrons. The summed E-state index contributed by atoms with van der Waals surface area (Å²) >= 11 is 0. The van der Waals surface area contributed by atoms with Crippen LogP contribution in [0.1, 0.15) is 35.4 Å².